The van der Waals surface area contributed by atoms with Gasteiger partial charge in [0.05, 0.1) is 10.0 Å². The molecule has 0 saturated heterocycles. The summed E-state index contributed by atoms with van der Waals surface area (Å²) in [6, 6.07) is 1.54. The van der Waals surface area contributed by atoms with E-state index < -0.39 is 10.8 Å². The Balaban J connectivity index is 2.58. The first-order valence-electron chi connectivity index (χ1n) is 4.99. The summed E-state index contributed by atoms with van der Waals surface area (Å²) in [7, 11) is -0.822. The quantitative estimate of drug-likeness (QED) is 0.844. The Hall–Kier alpha value is -0.0300. The van der Waals surface area contributed by atoms with Crippen LogP contribution in [0, 0.1) is 0 Å². The lowest BCUT2D eigenvalue weighted by atomic mass is 10.3. The average molecular weight is 316 g/mol. The number of hydrogen-bond acceptors (Lipinski definition) is 3. The smallest absolute Gasteiger partial charge is 0.150 e. The van der Waals surface area contributed by atoms with E-state index in [2.05, 4.69) is 10.3 Å². The van der Waals surface area contributed by atoms with Crippen molar-refractivity contribution in [2.24, 2.45) is 0 Å². The predicted molar refractivity (Wildman–Crippen MR) is 75.9 cm³/mol. The van der Waals surface area contributed by atoms with Crippen molar-refractivity contribution in [1.82, 2.24) is 4.98 Å². The summed E-state index contributed by atoms with van der Waals surface area (Å²) in [5.74, 6) is 0.496. The number of aromatic nitrogens is 1. The van der Waals surface area contributed by atoms with E-state index in [0.29, 0.717) is 22.4 Å². The Bertz CT molecular complexity index is 428. The molecule has 0 bridgehead atoms. The van der Waals surface area contributed by atoms with E-state index in [1.807, 2.05) is 6.92 Å². The molecule has 0 spiro atoms. The lowest BCUT2D eigenvalue weighted by Gasteiger charge is -2.11. The first kappa shape index (κ1) is 15.0. The van der Waals surface area contributed by atoms with Crippen LogP contribution in [0.4, 0.5) is 5.82 Å². The number of halogens is 3. The lowest BCUT2D eigenvalue weighted by Crippen LogP contribution is -2.15. The molecule has 0 amide bonds. The molecule has 0 saturated carbocycles. The zero-order chi connectivity index (χ0) is 13.0. The fraction of sp³-hybridized carbons (Fsp3) is 0.500. The fourth-order valence-electron chi connectivity index (χ4n) is 1.13. The van der Waals surface area contributed by atoms with Gasteiger partial charge in [0.1, 0.15) is 11.0 Å². The molecule has 0 aromatic carbocycles. The molecular weight excluding hydrogens is 303 g/mol. The number of nitrogens with zero attached hydrogens (tertiary/aromatic N) is 1. The van der Waals surface area contributed by atoms with Gasteiger partial charge in [0, 0.05) is 28.9 Å². The minimum atomic E-state index is -0.822. The third kappa shape index (κ3) is 4.62. The highest BCUT2D eigenvalue weighted by atomic mass is 35.5. The van der Waals surface area contributed by atoms with Crippen LogP contribution >= 0.6 is 34.8 Å². The van der Waals surface area contributed by atoms with Crippen LogP contribution in [0.2, 0.25) is 15.2 Å². The van der Waals surface area contributed by atoms with Gasteiger partial charge in [-0.05, 0) is 12.5 Å². The van der Waals surface area contributed by atoms with Gasteiger partial charge >= 0.3 is 0 Å². The monoisotopic (exact) mass is 314 g/mol. The normalized spacial score (nSPS) is 14.4. The minimum Gasteiger partial charge on any atom is -0.369 e. The maximum atomic E-state index is 11.2. The van der Waals surface area contributed by atoms with E-state index in [-0.39, 0.29) is 10.4 Å². The molecule has 17 heavy (non-hydrogen) atoms. The second-order valence-electron chi connectivity index (χ2n) is 3.62. The topological polar surface area (TPSA) is 42.0 Å². The van der Waals surface area contributed by atoms with Crippen LogP contribution in [-0.2, 0) is 10.8 Å². The van der Waals surface area contributed by atoms with E-state index in [4.69, 9.17) is 34.8 Å². The number of rotatable bonds is 5. The van der Waals surface area contributed by atoms with Crippen molar-refractivity contribution < 1.29 is 4.21 Å². The summed E-state index contributed by atoms with van der Waals surface area (Å²) in [5.41, 5.74) is 0. The number of nitrogens with one attached hydrogen (secondary N) is 1. The molecule has 1 N–H and O–H groups in total. The highest BCUT2D eigenvalue weighted by Gasteiger charge is 2.09. The van der Waals surface area contributed by atoms with Crippen LogP contribution in [0.15, 0.2) is 6.07 Å². The standard InChI is InChI=1S/C10H13Cl3N2OS/c1-6(17(2)16)3-4-14-10-8(12)5-7(11)9(13)15-10/h5-6H,3-4H2,1-2H3,(H,14,15). The molecule has 1 aromatic heterocycles. The van der Waals surface area contributed by atoms with Crippen molar-refractivity contribution in [2.75, 3.05) is 18.1 Å². The Labute approximate surface area is 118 Å². The van der Waals surface area contributed by atoms with Gasteiger partial charge in [-0.1, -0.05) is 41.7 Å². The molecule has 1 aromatic rings. The van der Waals surface area contributed by atoms with Gasteiger partial charge in [0.15, 0.2) is 0 Å². The third-order valence-electron chi connectivity index (χ3n) is 2.30. The van der Waals surface area contributed by atoms with Crippen molar-refractivity contribution in [2.45, 2.75) is 18.6 Å². The lowest BCUT2D eigenvalue weighted by molar-refractivity contribution is 0.672. The summed E-state index contributed by atoms with van der Waals surface area (Å²) in [6.07, 6.45) is 2.45. The molecule has 0 fully saturated rings. The maximum absolute atomic E-state index is 11.2. The van der Waals surface area contributed by atoms with Crippen molar-refractivity contribution >= 4 is 51.4 Å². The van der Waals surface area contributed by atoms with Crippen LogP contribution < -0.4 is 5.32 Å². The van der Waals surface area contributed by atoms with Crippen LogP contribution in [-0.4, -0.2) is 27.2 Å². The minimum absolute atomic E-state index is 0.129. The number of anilines is 1. The van der Waals surface area contributed by atoms with Gasteiger partial charge in [-0.2, -0.15) is 0 Å². The van der Waals surface area contributed by atoms with Crippen LogP contribution in [0.1, 0.15) is 13.3 Å². The number of pyridine rings is 1. The highest BCUT2D eigenvalue weighted by molar-refractivity contribution is 7.84. The first-order chi connectivity index (χ1) is 7.91. The molecule has 1 rings (SSSR count). The molecule has 2 atom stereocenters. The van der Waals surface area contributed by atoms with E-state index in [1.165, 1.54) is 0 Å². The summed E-state index contributed by atoms with van der Waals surface area (Å²) in [5, 5.41) is 4.13. The van der Waals surface area contributed by atoms with Gasteiger partial charge in [0.25, 0.3) is 0 Å². The largest absolute Gasteiger partial charge is 0.369 e. The van der Waals surface area contributed by atoms with Crippen molar-refractivity contribution in [3.8, 4) is 0 Å². The van der Waals surface area contributed by atoms with Crippen LogP contribution in [0.3, 0.4) is 0 Å². The van der Waals surface area contributed by atoms with Gasteiger partial charge < -0.3 is 5.32 Å². The zero-order valence-corrected chi connectivity index (χ0v) is 12.6. The van der Waals surface area contributed by atoms with E-state index in [0.717, 1.165) is 6.42 Å². The number of hydrogen-bond donors (Lipinski definition) is 1. The van der Waals surface area contributed by atoms with Crippen LogP contribution in [0.5, 0.6) is 0 Å². The third-order valence-corrected chi connectivity index (χ3v) is 4.63. The maximum Gasteiger partial charge on any atom is 0.150 e. The molecule has 0 aliphatic carbocycles. The summed E-state index contributed by atoms with van der Waals surface area (Å²) >= 11 is 17.5. The van der Waals surface area contributed by atoms with Crippen molar-refractivity contribution in [1.29, 1.82) is 0 Å². The Kier molecular flexibility index (Phi) is 6.00. The SMILES string of the molecule is CC(CCNc1nc(Cl)c(Cl)cc1Cl)S(C)=O. The molecule has 7 heteroatoms. The Morgan fingerprint density at radius 1 is 1.41 bits per heavy atom. The highest BCUT2D eigenvalue weighted by Crippen LogP contribution is 2.28. The average Bonchev–Trinajstić information content (AvgIpc) is 2.25. The summed E-state index contributed by atoms with van der Waals surface area (Å²) in [4.78, 5) is 4.03. The van der Waals surface area contributed by atoms with Gasteiger partial charge in [-0.15, -0.1) is 0 Å². The van der Waals surface area contributed by atoms with Gasteiger partial charge in [0.2, 0.25) is 0 Å². The second-order valence-corrected chi connectivity index (χ2v) is 6.59. The van der Waals surface area contributed by atoms with Crippen LogP contribution in [0.25, 0.3) is 0 Å². The first-order valence-corrected chi connectivity index (χ1v) is 7.75. The van der Waals surface area contributed by atoms with E-state index in [1.54, 1.807) is 12.3 Å². The molecular formula is C10H13Cl3N2OS. The fourth-order valence-corrected chi connectivity index (χ4v) is 2.14. The van der Waals surface area contributed by atoms with Gasteiger partial charge in [-0.3, -0.25) is 4.21 Å². The molecule has 96 valence electrons. The summed E-state index contributed by atoms with van der Waals surface area (Å²) in [6.45, 7) is 2.56. The predicted octanol–water partition coefficient (Wildman–Crippen LogP) is 3.61. The molecule has 0 aliphatic heterocycles. The molecule has 2 unspecified atom stereocenters. The second kappa shape index (κ2) is 6.78. The van der Waals surface area contributed by atoms with Crippen molar-refractivity contribution in [3.05, 3.63) is 21.3 Å². The van der Waals surface area contributed by atoms with Crippen molar-refractivity contribution in [3.63, 3.8) is 0 Å². The molecule has 0 aliphatic rings. The molecule has 0 radical (unpaired) electrons. The Morgan fingerprint density at radius 2 is 2.06 bits per heavy atom. The zero-order valence-electron chi connectivity index (χ0n) is 9.47. The van der Waals surface area contributed by atoms with Gasteiger partial charge in [-0.25, -0.2) is 4.98 Å². The molecule has 3 nitrogen and oxygen atoms in total. The van der Waals surface area contributed by atoms with E-state index in [9.17, 15) is 4.21 Å². The molecule has 1 heterocycles. The van der Waals surface area contributed by atoms with E-state index >= 15 is 0 Å². The Morgan fingerprint density at radius 3 is 2.65 bits per heavy atom. The summed E-state index contributed by atoms with van der Waals surface area (Å²) < 4.78 is 11.2.